The van der Waals surface area contributed by atoms with E-state index in [0.717, 1.165) is 50.2 Å². The normalized spacial score (nSPS) is 24.4. The Balaban J connectivity index is 1.63. The number of aryl methyl sites for hydroxylation is 1. The number of rotatable bonds is 6. The maximum Gasteiger partial charge on any atom is 0.318 e. The third-order valence-corrected chi connectivity index (χ3v) is 5.26. The molecule has 0 spiro atoms. The number of carbonyl (C=O) groups is 1. The van der Waals surface area contributed by atoms with Crippen molar-refractivity contribution in [2.45, 2.75) is 57.8 Å². The molecule has 0 aromatic carbocycles. The zero-order chi connectivity index (χ0) is 17.8. The van der Waals surface area contributed by atoms with E-state index < -0.39 is 0 Å². The number of carbonyl (C=O) groups excluding carboxylic acids is 1. The number of amides is 2. The molecule has 2 aliphatic heterocycles. The lowest BCUT2D eigenvalue weighted by Crippen LogP contribution is -2.47. The van der Waals surface area contributed by atoms with Gasteiger partial charge < -0.3 is 19.7 Å². The highest BCUT2D eigenvalue weighted by atomic mass is 16.5. The molecule has 140 valence electrons. The van der Waals surface area contributed by atoms with Crippen molar-refractivity contribution in [3.05, 3.63) is 17.5 Å². The minimum absolute atomic E-state index is 0.0539. The van der Waals surface area contributed by atoms with Gasteiger partial charge in [0.2, 0.25) is 0 Å². The van der Waals surface area contributed by atoms with Crippen LogP contribution in [0.5, 0.6) is 0 Å². The van der Waals surface area contributed by atoms with Crippen LogP contribution in [0.25, 0.3) is 0 Å². The molecule has 3 heterocycles. The van der Waals surface area contributed by atoms with Crippen LogP contribution in [0.3, 0.4) is 0 Å². The van der Waals surface area contributed by atoms with E-state index in [0.29, 0.717) is 13.1 Å². The molecule has 2 amide bonds. The Kier molecular flexibility index (Phi) is 5.96. The molecule has 1 aromatic rings. The molecule has 25 heavy (non-hydrogen) atoms. The van der Waals surface area contributed by atoms with Gasteiger partial charge in [-0.15, -0.1) is 0 Å². The van der Waals surface area contributed by atoms with Crippen molar-refractivity contribution in [3.8, 4) is 0 Å². The van der Waals surface area contributed by atoms with E-state index >= 15 is 0 Å². The maximum absolute atomic E-state index is 12.9. The van der Waals surface area contributed by atoms with Gasteiger partial charge in [-0.2, -0.15) is 5.10 Å². The van der Waals surface area contributed by atoms with Crippen molar-refractivity contribution >= 4 is 6.03 Å². The highest BCUT2D eigenvalue weighted by molar-refractivity contribution is 5.74. The van der Waals surface area contributed by atoms with Gasteiger partial charge in [-0.3, -0.25) is 4.68 Å². The van der Waals surface area contributed by atoms with Crippen LogP contribution in [0.15, 0.2) is 6.20 Å². The molecular weight excluding hydrogens is 320 g/mol. The highest BCUT2D eigenvalue weighted by Crippen LogP contribution is 2.19. The number of nitrogens with one attached hydrogen (secondary N) is 1. The Morgan fingerprint density at radius 2 is 1.92 bits per heavy atom. The van der Waals surface area contributed by atoms with Crippen LogP contribution >= 0.6 is 0 Å². The zero-order valence-electron chi connectivity index (χ0n) is 15.5. The van der Waals surface area contributed by atoms with Crippen molar-refractivity contribution in [1.82, 2.24) is 20.0 Å². The molecular formula is C18H30N4O3. The van der Waals surface area contributed by atoms with Crippen LogP contribution in [0, 0.1) is 6.92 Å². The number of hydrogen-bond acceptors (Lipinski definition) is 4. The van der Waals surface area contributed by atoms with Crippen molar-refractivity contribution in [3.63, 3.8) is 0 Å². The fourth-order valence-corrected chi connectivity index (χ4v) is 3.60. The first-order valence-electron chi connectivity index (χ1n) is 9.31. The van der Waals surface area contributed by atoms with E-state index in [2.05, 4.69) is 10.4 Å². The van der Waals surface area contributed by atoms with Crippen molar-refractivity contribution in [1.29, 1.82) is 0 Å². The summed E-state index contributed by atoms with van der Waals surface area (Å²) >= 11 is 0. The lowest BCUT2D eigenvalue weighted by molar-refractivity contribution is 0.0494. The minimum atomic E-state index is -0.0855. The third kappa shape index (κ3) is 4.52. The molecule has 3 unspecified atom stereocenters. The summed E-state index contributed by atoms with van der Waals surface area (Å²) in [6.45, 7) is 6.87. The summed E-state index contributed by atoms with van der Waals surface area (Å²) < 4.78 is 13.3. The van der Waals surface area contributed by atoms with Gasteiger partial charge in [-0.1, -0.05) is 0 Å². The molecule has 3 rings (SSSR count). The van der Waals surface area contributed by atoms with E-state index in [1.54, 1.807) is 0 Å². The molecule has 1 aromatic heterocycles. The van der Waals surface area contributed by atoms with Crippen LogP contribution in [0.1, 0.15) is 49.9 Å². The van der Waals surface area contributed by atoms with Crippen LogP contribution < -0.4 is 5.32 Å². The zero-order valence-corrected chi connectivity index (χ0v) is 15.5. The predicted octanol–water partition coefficient (Wildman–Crippen LogP) is 2.16. The first-order chi connectivity index (χ1) is 12.0. The lowest BCUT2D eigenvalue weighted by atomic mass is 10.1. The molecule has 2 aliphatic rings. The van der Waals surface area contributed by atoms with E-state index in [9.17, 15) is 4.79 Å². The van der Waals surface area contributed by atoms with E-state index in [4.69, 9.17) is 9.47 Å². The standard InChI is InChI=1S/C18H30N4O3/c1-13(17-10-19-21(3)14(17)2)20-18(23)22(11-15-6-4-8-24-15)12-16-7-5-9-25-16/h10,13,15-16H,4-9,11-12H2,1-3H3,(H,20,23). The van der Waals surface area contributed by atoms with Crippen LogP contribution in [-0.4, -0.2) is 59.2 Å². The van der Waals surface area contributed by atoms with Crippen LogP contribution in [-0.2, 0) is 16.5 Å². The second-order valence-corrected chi connectivity index (χ2v) is 7.16. The summed E-state index contributed by atoms with van der Waals surface area (Å²) in [6.07, 6.45) is 6.30. The predicted molar refractivity (Wildman–Crippen MR) is 94.4 cm³/mol. The molecule has 3 atom stereocenters. The summed E-state index contributed by atoms with van der Waals surface area (Å²) in [5.41, 5.74) is 2.11. The maximum atomic E-state index is 12.9. The molecule has 7 nitrogen and oxygen atoms in total. The molecule has 0 aliphatic carbocycles. The monoisotopic (exact) mass is 350 g/mol. The summed E-state index contributed by atoms with van der Waals surface area (Å²) in [5, 5.41) is 7.39. The van der Waals surface area contributed by atoms with E-state index in [1.165, 1.54) is 0 Å². The first-order valence-corrected chi connectivity index (χ1v) is 9.31. The van der Waals surface area contributed by atoms with Gasteiger partial charge in [0.05, 0.1) is 24.4 Å². The molecule has 0 saturated carbocycles. The quantitative estimate of drug-likeness (QED) is 0.854. The van der Waals surface area contributed by atoms with Gasteiger partial charge in [0, 0.05) is 44.6 Å². The Morgan fingerprint density at radius 1 is 1.32 bits per heavy atom. The number of urea groups is 1. The Morgan fingerprint density at radius 3 is 2.36 bits per heavy atom. The topological polar surface area (TPSA) is 68.6 Å². The van der Waals surface area contributed by atoms with Gasteiger partial charge in [-0.25, -0.2) is 4.79 Å². The average Bonchev–Trinajstić information content (AvgIpc) is 3.32. The molecule has 0 radical (unpaired) electrons. The fraction of sp³-hybridized carbons (Fsp3) is 0.778. The van der Waals surface area contributed by atoms with Gasteiger partial charge in [-0.05, 0) is 39.5 Å². The highest BCUT2D eigenvalue weighted by Gasteiger charge is 2.28. The fourth-order valence-electron chi connectivity index (χ4n) is 3.60. The summed E-state index contributed by atoms with van der Waals surface area (Å²) in [5.74, 6) is 0. The average molecular weight is 350 g/mol. The number of ether oxygens (including phenoxy) is 2. The summed E-state index contributed by atoms with van der Waals surface area (Å²) in [7, 11) is 1.91. The second kappa shape index (κ2) is 8.19. The Labute approximate surface area is 149 Å². The molecule has 2 fully saturated rings. The number of hydrogen-bond donors (Lipinski definition) is 1. The van der Waals surface area contributed by atoms with Crippen LogP contribution in [0.2, 0.25) is 0 Å². The van der Waals surface area contributed by atoms with E-state index in [1.807, 2.05) is 36.7 Å². The number of nitrogens with zero attached hydrogens (tertiary/aromatic N) is 3. The molecule has 0 bridgehead atoms. The van der Waals surface area contributed by atoms with Crippen molar-refractivity contribution in [2.75, 3.05) is 26.3 Å². The third-order valence-electron chi connectivity index (χ3n) is 5.26. The lowest BCUT2D eigenvalue weighted by Gasteiger charge is -2.29. The van der Waals surface area contributed by atoms with Gasteiger partial charge >= 0.3 is 6.03 Å². The van der Waals surface area contributed by atoms with Crippen molar-refractivity contribution in [2.24, 2.45) is 7.05 Å². The Hall–Kier alpha value is -1.60. The minimum Gasteiger partial charge on any atom is -0.376 e. The van der Waals surface area contributed by atoms with E-state index in [-0.39, 0.29) is 24.3 Å². The van der Waals surface area contributed by atoms with Crippen molar-refractivity contribution < 1.29 is 14.3 Å². The summed E-state index contributed by atoms with van der Waals surface area (Å²) in [6, 6.07) is -0.139. The largest absolute Gasteiger partial charge is 0.376 e. The molecule has 1 N–H and O–H groups in total. The van der Waals surface area contributed by atoms with Crippen LogP contribution in [0.4, 0.5) is 4.79 Å². The first kappa shape index (κ1) is 18.2. The smallest absolute Gasteiger partial charge is 0.318 e. The molecule has 7 heteroatoms. The van der Waals surface area contributed by atoms with Gasteiger partial charge in [0.15, 0.2) is 0 Å². The Bertz CT molecular complexity index is 559. The molecule has 2 saturated heterocycles. The van der Waals surface area contributed by atoms with Gasteiger partial charge in [0.1, 0.15) is 0 Å². The SMILES string of the molecule is Cc1c(C(C)NC(=O)N(CC2CCCO2)CC2CCCO2)cnn1C. The number of aromatic nitrogens is 2. The summed E-state index contributed by atoms with van der Waals surface area (Å²) in [4.78, 5) is 14.8. The van der Waals surface area contributed by atoms with Gasteiger partial charge in [0.25, 0.3) is 0 Å². The second-order valence-electron chi connectivity index (χ2n) is 7.16.